The largest absolute Gasteiger partial charge is 0.329 e. The number of piperidine rings is 1. The maximum atomic E-state index is 5.96. The number of likely N-dealkylation sites (tertiary alicyclic amines) is 1. The molecular formula is C16H26N2. The Morgan fingerprint density at radius 3 is 2.72 bits per heavy atom. The number of rotatable bonds is 4. The molecule has 3 atom stereocenters. The third-order valence-electron chi connectivity index (χ3n) is 4.35. The van der Waals surface area contributed by atoms with Gasteiger partial charge in [-0.3, -0.25) is 4.90 Å². The van der Waals surface area contributed by atoms with Crippen molar-refractivity contribution in [3.05, 3.63) is 35.9 Å². The van der Waals surface area contributed by atoms with Gasteiger partial charge in [0.15, 0.2) is 0 Å². The van der Waals surface area contributed by atoms with Crippen molar-refractivity contribution < 1.29 is 0 Å². The maximum absolute atomic E-state index is 5.96. The van der Waals surface area contributed by atoms with Gasteiger partial charge in [-0.1, -0.05) is 44.2 Å². The molecule has 1 aliphatic heterocycles. The summed E-state index contributed by atoms with van der Waals surface area (Å²) in [5, 5.41) is 0. The summed E-state index contributed by atoms with van der Waals surface area (Å²) in [6, 6.07) is 11.4. The van der Waals surface area contributed by atoms with Gasteiger partial charge in [0.1, 0.15) is 0 Å². The molecule has 1 saturated heterocycles. The van der Waals surface area contributed by atoms with Crippen molar-refractivity contribution in [1.82, 2.24) is 4.90 Å². The molecule has 1 aromatic carbocycles. The zero-order valence-corrected chi connectivity index (χ0v) is 11.7. The van der Waals surface area contributed by atoms with E-state index in [0.29, 0.717) is 12.0 Å². The molecule has 2 heteroatoms. The molecule has 0 bridgehead atoms. The van der Waals surface area contributed by atoms with Crippen LogP contribution in [0, 0.1) is 5.92 Å². The molecule has 0 aliphatic carbocycles. The molecular weight excluding hydrogens is 220 g/mol. The Labute approximate surface area is 111 Å². The molecule has 0 amide bonds. The third kappa shape index (κ3) is 3.12. The second-order valence-corrected chi connectivity index (χ2v) is 5.73. The smallest absolute Gasteiger partial charge is 0.0244 e. The topological polar surface area (TPSA) is 29.3 Å². The van der Waals surface area contributed by atoms with Gasteiger partial charge in [0.2, 0.25) is 0 Å². The first-order valence-corrected chi connectivity index (χ1v) is 7.21. The minimum Gasteiger partial charge on any atom is -0.329 e. The van der Waals surface area contributed by atoms with Crippen LogP contribution in [-0.2, 0) is 0 Å². The Morgan fingerprint density at radius 2 is 2.06 bits per heavy atom. The van der Waals surface area contributed by atoms with Gasteiger partial charge in [0.25, 0.3) is 0 Å². The molecule has 0 saturated carbocycles. The van der Waals surface area contributed by atoms with E-state index in [1.54, 1.807) is 0 Å². The Kier molecular flexibility index (Phi) is 4.79. The lowest BCUT2D eigenvalue weighted by Gasteiger charge is -2.40. The van der Waals surface area contributed by atoms with Crippen LogP contribution >= 0.6 is 0 Å². The second-order valence-electron chi connectivity index (χ2n) is 5.73. The molecule has 0 aromatic heterocycles. The van der Waals surface area contributed by atoms with E-state index >= 15 is 0 Å². The van der Waals surface area contributed by atoms with Gasteiger partial charge in [0.05, 0.1) is 0 Å². The quantitative estimate of drug-likeness (QED) is 0.885. The summed E-state index contributed by atoms with van der Waals surface area (Å²) in [5.74, 6) is 1.33. The maximum Gasteiger partial charge on any atom is 0.0244 e. The molecule has 0 radical (unpaired) electrons. The van der Waals surface area contributed by atoms with Gasteiger partial charge in [-0.2, -0.15) is 0 Å². The minimum atomic E-state index is 0.574. The molecule has 100 valence electrons. The van der Waals surface area contributed by atoms with Gasteiger partial charge in [-0.15, -0.1) is 0 Å². The average molecular weight is 246 g/mol. The number of nitrogens with two attached hydrogens (primary N) is 1. The van der Waals surface area contributed by atoms with Crippen molar-refractivity contribution in [3.8, 4) is 0 Å². The first kappa shape index (κ1) is 13.6. The highest BCUT2D eigenvalue weighted by Crippen LogP contribution is 2.25. The first-order chi connectivity index (χ1) is 8.72. The molecule has 0 spiro atoms. The Hall–Kier alpha value is -0.860. The van der Waals surface area contributed by atoms with Crippen LogP contribution < -0.4 is 5.73 Å². The van der Waals surface area contributed by atoms with Gasteiger partial charge < -0.3 is 5.73 Å². The fraction of sp³-hybridized carbons (Fsp3) is 0.625. The van der Waals surface area contributed by atoms with E-state index in [4.69, 9.17) is 5.73 Å². The van der Waals surface area contributed by atoms with Crippen LogP contribution in [0.5, 0.6) is 0 Å². The molecule has 1 aliphatic rings. The fourth-order valence-electron chi connectivity index (χ4n) is 3.18. The van der Waals surface area contributed by atoms with E-state index in [2.05, 4.69) is 49.1 Å². The summed E-state index contributed by atoms with van der Waals surface area (Å²) in [7, 11) is 0. The molecule has 2 N–H and O–H groups in total. The lowest BCUT2D eigenvalue weighted by atomic mass is 9.89. The van der Waals surface area contributed by atoms with Gasteiger partial charge >= 0.3 is 0 Å². The lowest BCUT2D eigenvalue weighted by Crippen LogP contribution is -2.49. The number of hydrogen-bond donors (Lipinski definition) is 1. The predicted molar refractivity (Wildman–Crippen MR) is 77.7 cm³/mol. The van der Waals surface area contributed by atoms with Crippen molar-refractivity contribution in [1.29, 1.82) is 0 Å². The van der Waals surface area contributed by atoms with E-state index in [1.807, 2.05) is 0 Å². The number of hydrogen-bond acceptors (Lipinski definition) is 2. The van der Waals surface area contributed by atoms with Crippen LogP contribution in [0.3, 0.4) is 0 Å². The molecule has 1 heterocycles. The fourth-order valence-corrected chi connectivity index (χ4v) is 3.18. The first-order valence-electron chi connectivity index (χ1n) is 7.21. The highest BCUT2D eigenvalue weighted by Gasteiger charge is 2.28. The predicted octanol–water partition coefficient (Wildman–Crippen LogP) is 2.85. The van der Waals surface area contributed by atoms with Crippen molar-refractivity contribution in [2.75, 3.05) is 19.6 Å². The number of nitrogens with zero attached hydrogens (tertiary/aromatic N) is 1. The lowest BCUT2D eigenvalue weighted by molar-refractivity contribution is 0.101. The van der Waals surface area contributed by atoms with E-state index in [9.17, 15) is 0 Å². The minimum absolute atomic E-state index is 0.574. The third-order valence-corrected chi connectivity index (χ3v) is 4.35. The second kappa shape index (κ2) is 6.35. The van der Waals surface area contributed by atoms with Crippen LogP contribution in [0.2, 0.25) is 0 Å². The monoisotopic (exact) mass is 246 g/mol. The van der Waals surface area contributed by atoms with Gasteiger partial charge in [-0.05, 0) is 36.8 Å². The molecule has 1 fully saturated rings. The zero-order chi connectivity index (χ0) is 13.0. The molecule has 2 nitrogen and oxygen atoms in total. The van der Waals surface area contributed by atoms with Crippen LogP contribution in [0.15, 0.2) is 30.3 Å². The summed E-state index contributed by atoms with van der Waals surface area (Å²) in [6.07, 6.45) is 2.65. The van der Waals surface area contributed by atoms with E-state index in [-0.39, 0.29) is 0 Å². The summed E-state index contributed by atoms with van der Waals surface area (Å²) in [4.78, 5) is 2.60. The highest BCUT2D eigenvalue weighted by atomic mass is 15.2. The Morgan fingerprint density at radius 1 is 1.33 bits per heavy atom. The molecule has 3 unspecified atom stereocenters. The zero-order valence-electron chi connectivity index (χ0n) is 11.7. The average Bonchev–Trinajstić information content (AvgIpc) is 2.40. The summed E-state index contributed by atoms with van der Waals surface area (Å²) in [6.45, 7) is 7.81. The van der Waals surface area contributed by atoms with Crippen molar-refractivity contribution in [3.63, 3.8) is 0 Å². The summed E-state index contributed by atoms with van der Waals surface area (Å²) in [5.41, 5.74) is 7.39. The number of benzene rings is 1. The van der Waals surface area contributed by atoms with Crippen molar-refractivity contribution >= 4 is 0 Å². The normalized spacial score (nSPS) is 27.1. The standard InChI is InChI=1S/C16H26N2/c1-13-7-6-10-18(16(13)11-17)12-14(2)15-8-4-3-5-9-15/h3-5,8-9,13-14,16H,6-7,10-12,17H2,1-2H3. The summed E-state index contributed by atoms with van der Waals surface area (Å²) < 4.78 is 0. The SMILES string of the molecule is CC(CN1CCCC(C)C1CN)c1ccccc1. The van der Waals surface area contributed by atoms with Crippen molar-refractivity contribution in [2.45, 2.75) is 38.6 Å². The molecule has 18 heavy (non-hydrogen) atoms. The molecule has 1 aromatic rings. The highest BCUT2D eigenvalue weighted by molar-refractivity contribution is 5.19. The molecule has 2 rings (SSSR count). The van der Waals surface area contributed by atoms with E-state index in [1.165, 1.54) is 24.9 Å². The van der Waals surface area contributed by atoms with Crippen LogP contribution in [-0.4, -0.2) is 30.6 Å². The van der Waals surface area contributed by atoms with E-state index < -0.39 is 0 Å². The Balaban J connectivity index is 1.99. The Bertz CT molecular complexity index is 349. The van der Waals surface area contributed by atoms with E-state index in [0.717, 1.165) is 19.0 Å². The van der Waals surface area contributed by atoms with Gasteiger partial charge in [0, 0.05) is 19.1 Å². The summed E-state index contributed by atoms with van der Waals surface area (Å²) >= 11 is 0. The van der Waals surface area contributed by atoms with Gasteiger partial charge in [-0.25, -0.2) is 0 Å². The van der Waals surface area contributed by atoms with Crippen LogP contribution in [0.4, 0.5) is 0 Å². The van der Waals surface area contributed by atoms with Crippen molar-refractivity contribution in [2.24, 2.45) is 11.7 Å². The van der Waals surface area contributed by atoms with Crippen LogP contribution in [0.25, 0.3) is 0 Å². The van der Waals surface area contributed by atoms with Crippen LogP contribution in [0.1, 0.15) is 38.2 Å².